The molecule has 0 unspecified atom stereocenters. The molecule has 1 fully saturated rings. The summed E-state index contributed by atoms with van der Waals surface area (Å²) in [5.74, 6) is 0. The van der Waals surface area contributed by atoms with Crippen molar-refractivity contribution >= 4 is 0 Å². The molecule has 2 nitrogen and oxygen atoms in total. The van der Waals surface area contributed by atoms with Crippen LogP contribution in [-0.2, 0) is 0 Å². The fourth-order valence-corrected chi connectivity index (χ4v) is 2.68. The minimum absolute atomic E-state index is 0.242. The van der Waals surface area contributed by atoms with E-state index in [9.17, 15) is 0 Å². The maximum Gasteiger partial charge on any atom is 0.0301 e. The molecule has 0 amide bonds. The van der Waals surface area contributed by atoms with Crippen LogP contribution in [0.5, 0.6) is 0 Å². The molecule has 84 valence electrons. The van der Waals surface area contributed by atoms with E-state index in [1.807, 2.05) is 0 Å². The number of nitrogens with zero attached hydrogens (tertiary/aromatic N) is 1. The molecule has 0 radical (unpaired) electrons. The molecule has 0 spiro atoms. The van der Waals surface area contributed by atoms with Gasteiger partial charge in [0, 0.05) is 24.2 Å². The third-order valence-corrected chi connectivity index (χ3v) is 3.19. The van der Waals surface area contributed by atoms with Gasteiger partial charge in [0.15, 0.2) is 0 Å². The summed E-state index contributed by atoms with van der Waals surface area (Å²) in [6.45, 7) is 14.9. The SMILES string of the molecule is CC(C)(C)[C@@H]1[C@@H](N)CCN1C(C)(C)C. The van der Waals surface area contributed by atoms with Crippen LogP contribution in [0, 0.1) is 5.41 Å². The Labute approximate surface area is 88.8 Å². The van der Waals surface area contributed by atoms with Gasteiger partial charge in [0.25, 0.3) is 0 Å². The Bertz CT molecular complexity index is 197. The minimum Gasteiger partial charge on any atom is -0.326 e. The van der Waals surface area contributed by atoms with Gasteiger partial charge in [-0.2, -0.15) is 0 Å². The van der Waals surface area contributed by atoms with Gasteiger partial charge in [0.05, 0.1) is 0 Å². The molecule has 0 saturated carbocycles. The normalized spacial score (nSPS) is 31.1. The molecule has 2 atom stereocenters. The lowest BCUT2D eigenvalue weighted by Gasteiger charge is -2.44. The largest absolute Gasteiger partial charge is 0.326 e. The molecule has 0 bridgehead atoms. The second kappa shape index (κ2) is 3.49. The zero-order chi connectivity index (χ0) is 11.1. The van der Waals surface area contributed by atoms with E-state index in [1.54, 1.807) is 0 Å². The Morgan fingerprint density at radius 2 is 1.57 bits per heavy atom. The van der Waals surface area contributed by atoms with Crippen molar-refractivity contribution in [1.29, 1.82) is 0 Å². The average molecular weight is 198 g/mol. The molecule has 1 aliphatic heterocycles. The van der Waals surface area contributed by atoms with E-state index in [0.29, 0.717) is 12.1 Å². The van der Waals surface area contributed by atoms with Gasteiger partial charge in [0.1, 0.15) is 0 Å². The summed E-state index contributed by atoms with van der Waals surface area (Å²) >= 11 is 0. The highest BCUT2D eigenvalue weighted by molar-refractivity contribution is 5.00. The molecular weight excluding hydrogens is 172 g/mol. The van der Waals surface area contributed by atoms with Crippen molar-refractivity contribution in [2.75, 3.05) is 6.54 Å². The smallest absolute Gasteiger partial charge is 0.0301 e. The van der Waals surface area contributed by atoms with Crippen LogP contribution in [0.4, 0.5) is 0 Å². The zero-order valence-electron chi connectivity index (χ0n) is 10.6. The predicted molar refractivity (Wildman–Crippen MR) is 62.3 cm³/mol. The van der Waals surface area contributed by atoms with Crippen molar-refractivity contribution in [3.63, 3.8) is 0 Å². The first kappa shape index (κ1) is 12.0. The number of rotatable bonds is 0. The summed E-state index contributed by atoms with van der Waals surface area (Å²) in [7, 11) is 0. The molecular formula is C12H26N2. The highest BCUT2D eigenvalue weighted by Crippen LogP contribution is 2.36. The first-order valence-electron chi connectivity index (χ1n) is 5.66. The van der Waals surface area contributed by atoms with Gasteiger partial charge in [-0.1, -0.05) is 20.8 Å². The van der Waals surface area contributed by atoms with Crippen molar-refractivity contribution in [1.82, 2.24) is 4.90 Å². The first-order valence-corrected chi connectivity index (χ1v) is 5.66. The first-order chi connectivity index (χ1) is 6.14. The number of hydrogen-bond acceptors (Lipinski definition) is 2. The van der Waals surface area contributed by atoms with Crippen LogP contribution in [0.3, 0.4) is 0 Å². The maximum atomic E-state index is 6.21. The molecule has 0 aromatic rings. The quantitative estimate of drug-likeness (QED) is 0.647. The van der Waals surface area contributed by atoms with Crippen LogP contribution in [0.1, 0.15) is 48.0 Å². The van der Waals surface area contributed by atoms with E-state index < -0.39 is 0 Å². The molecule has 0 aromatic carbocycles. The third kappa shape index (κ3) is 2.29. The lowest BCUT2D eigenvalue weighted by atomic mass is 9.81. The number of hydrogen-bond donors (Lipinski definition) is 1. The van der Waals surface area contributed by atoms with E-state index in [0.717, 1.165) is 13.0 Å². The summed E-state index contributed by atoms with van der Waals surface area (Å²) in [5.41, 5.74) is 6.73. The van der Waals surface area contributed by atoms with Crippen LogP contribution >= 0.6 is 0 Å². The van der Waals surface area contributed by atoms with E-state index >= 15 is 0 Å². The molecule has 1 heterocycles. The van der Waals surface area contributed by atoms with Crippen LogP contribution in [-0.4, -0.2) is 29.1 Å². The Kier molecular flexibility index (Phi) is 2.99. The summed E-state index contributed by atoms with van der Waals surface area (Å²) in [6, 6.07) is 0.858. The third-order valence-electron chi connectivity index (χ3n) is 3.19. The van der Waals surface area contributed by atoms with Crippen molar-refractivity contribution in [3.05, 3.63) is 0 Å². The van der Waals surface area contributed by atoms with Gasteiger partial charge in [0.2, 0.25) is 0 Å². The molecule has 1 rings (SSSR count). The molecule has 1 saturated heterocycles. The Hall–Kier alpha value is -0.0800. The predicted octanol–water partition coefficient (Wildman–Crippen LogP) is 2.23. The monoisotopic (exact) mass is 198 g/mol. The minimum atomic E-state index is 0.242. The summed E-state index contributed by atoms with van der Waals surface area (Å²) in [6.07, 6.45) is 1.14. The summed E-state index contributed by atoms with van der Waals surface area (Å²) in [5, 5.41) is 0. The molecule has 1 aliphatic rings. The average Bonchev–Trinajstić information content (AvgIpc) is 2.27. The fraction of sp³-hybridized carbons (Fsp3) is 1.00. The van der Waals surface area contributed by atoms with Gasteiger partial charge >= 0.3 is 0 Å². The van der Waals surface area contributed by atoms with Crippen molar-refractivity contribution in [2.45, 2.75) is 65.6 Å². The highest BCUT2D eigenvalue weighted by atomic mass is 15.3. The molecule has 2 heteroatoms. The molecule has 0 aliphatic carbocycles. The van der Waals surface area contributed by atoms with Gasteiger partial charge in [-0.3, -0.25) is 4.90 Å². The summed E-state index contributed by atoms with van der Waals surface area (Å²) in [4.78, 5) is 2.57. The Morgan fingerprint density at radius 1 is 1.07 bits per heavy atom. The molecule has 2 N–H and O–H groups in total. The van der Waals surface area contributed by atoms with Gasteiger partial charge in [-0.25, -0.2) is 0 Å². The van der Waals surface area contributed by atoms with E-state index in [2.05, 4.69) is 46.4 Å². The lowest BCUT2D eigenvalue weighted by Crippen LogP contribution is -2.54. The second-order valence-corrected chi connectivity index (χ2v) is 6.63. The van der Waals surface area contributed by atoms with Crippen molar-refractivity contribution in [3.8, 4) is 0 Å². The Morgan fingerprint density at radius 3 is 1.86 bits per heavy atom. The van der Waals surface area contributed by atoms with E-state index in [-0.39, 0.29) is 11.0 Å². The maximum absolute atomic E-state index is 6.21. The van der Waals surface area contributed by atoms with Crippen LogP contribution in [0.2, 0.25) is 0 Å². The standard InChI is InChI=1S/C12H26N2/c1-11(2,3)10-9(13)7-8-14(10)12(4,5)6/h9-10H,7-8,13H2,1-6H3/t9-,10-/m0/s1. The number of likely N-dealkylation sites (tertiary alicyclic amines) is 1. The fourth-order valence-electron chi connectivity index (χ4n) is 2.68. The highest BCUT2D eigenvalue weighted by Gasteiger charge is 2.43. The topological polar surface area (TPSA) is 29.3 Å². The van der Waals surface area contributed by atoms with E-state index in [4.69, 9.17) is 5.73 Å². The Balaban J connectivity index is 2.88. The van der Waals surface area contributed by atoms with Crippen LogP contribution in [0.25, 0.3) is 0 Å². The second-order valence-electron chi connectivity index (χ2n) is 6.63. The van der Waals surface area contributed by atoms with Gasteiger partial charge < -0.3 is 5.73 Å². The van der Waals surface area contributed by atoms with Gasteiger partial charge in [-0.05, 0) is 32.6 Å². The van der Waals surface area contributed by atoms with Crippen molar-refractivity contribution in [2.24, 2.45) is 11.1 Å². The number of nitrogens with two attached hydrogens (primary N) is 1. The molecule has 0 aromatic heterocycles. The molecule has 14 heavy (non-hydrogen) atoms. The lowest BCUT2D eigenvalue weighted by molar-refractivity contribution is 0.0520. The van der Waals surface area contributed by atoms with Crippen LogP contribution < -0.4 is 5.73 Å². The van der Waals surface area contributed by atoms with E-state index in [1.165, 1.54) is 0 Å². The summed E-state index contributed by atoms with van der Waals surface area (Å²) < 4.78 is 0. The zero-order valence-corrected chi connectivity index (χ0v) is 10.6. The van der Waals surface area contributed by atoms with Gasteiger partial charge in [-0.15, -0.1) is 0 Å². The van der Waals surface area contributed by atoms with Crippen molar-refractivity contribution < 1.29 is 0 Å². The van der Waals surface area contributed by atoms with Crippen LogP contribution in [0.15, 0.2) is 0 Å².